The average molecular weight is 486 g/mol. The number of piperidine rings is 1. The Morgan fingerprint density at radius 3 is 2.88 bits per heavy atom. The van der Waals surface area contributed by atoms with E-state index < -0.39 is 11.9 Å². The topological polar surface area (TPSA) is 112 Å². The van der Waals surface area contributed by atoms with E-state index in [2.05, 4.69) is 25.1 Å². The Balaban J connectivity index is 1.48. The first-order chi connectivity index (χ1) is 16.4. The lowest BCUT2D eigenvalue weighted by Crippen LogP contribution is -2.54. The van der Waals surface area contributed by atoms with E-state index in [1.54, 1.807) is 25.3 Å². The van der Waals surface area contributed by atoms with Crippen LogP contribution in [-0.2, 0) is 0 Å². The van der Waals surface area contributed by atoms with Crippen molar-refractivity contribution < 1.29 is 9.50 Å². The highest BCUT2D eigenvalue weighted by Crippen LogP contribution is 2.34. The van der Waals surface area contributed by atoms with Gasteiger partial charge in [-0.3, -0.25) is 5.41 Å². The van der Waals surface area contributed by atoms with Crippen LogP contribution in [0.25, 0.3) is 0 Å². The van der Waals surface area contributed by atoms with Gasteiger partial charge in [-0.1, -0.05) is 17.7 Å². The van der Waals surface area contributed by atoms with Crippen LogP contribution in [0.2, 0.25) is 5.02 Å². The summed E-state index contributed by atoms with van der Waals surface area (Å²) < 4.78 is 14.4. The van der Waals surface area contributed by atoms with Crippen LogP contribution in [0.3, 0.4) is 0 Å². The summed E-state index contributed by atoms with van der Waals surface area (Å²) in [4.78, 5) is 13.5. The summed E-state index contributed by atoms with van der Waals surface area (Å²) in [5.74, 6) is 1.66. The molecule has 1 aromatic carbocycles. The zero-order valence-corrected chi connectivity index (χ0v) is 19.9. The van der Waals surface area contributed by atoms with Crippen molar-refractivity contribution in [1.29, 1.82) is 10.7 Å². The number of aromatic nitrogens is 2. The Hall–Kier alpha value is -2.80. The minimum atomic E-state index is -0.476. The number of benzene rings is 1. The van der Waals surface area contributed by atoms with Crippen molar-refractivity contribution in [1.82, 2.24) is 14.9 Å². The quantitative estimate of drug-likeness (QED) is 0.491. The smallest absolute Gasteiger partial charge is 0.161 e. The molecule has 0 spiro atoms. The first-order valence-electron chi connectivity index (χ1n) is 11.5. The van der Waals surface area contributed by atoms with Gasteiger partial charge < -0.3 is 20.2 Å². The van der Waals surface area contributed by atoms with E-state index in [0.29, 0.717) is 28.2 Å². The van der Waals surface area contributed by atoms with Crippen LogP contribution in [-0.4, -0.2) is 65.0 Å². The zero-order chi connectivity index (χ0) is 24.2. The highest BCUT2D eigenvalue weighted by molar-refractivity contribution is 6.30. The number of aliphatic hydroxyl groups is 1. The zero-order valence-electron chi connectivity index (χ0n) is 19.1. The molecule has 0 amide bonds. The fourth-order valence-corrected chi connectivity index (χ4v) is 4.98. The molecular formula is C24H29ClFN7O. The fourth-order valence-electron chi connectivity index (χ4n) is 4.82. The standard InChI is InChI=1S/C24H29ClFN7O/c1-15(19-5-4-18(25)9-20(19)26)30-24-23(21(28)10-27)29-11-22(31-24)33-13-17(14-33)16-3-2-6-32(12-16)7-8-34/h4-5,9,11,15-17,28,34H,2-3,6-8,12-14H2,1H3,(H,30,31). The lowest BCUT2D eigenvalue weighted by Gasteiger charge is -2.47. The highest BCUT2D eigenvalue weighted by Gasteiger charge is 2.36. The number of rotatable bonds is 8. The summed E-state index contributed by atoms with van der Waals surface area (Å²) >= 11 is 5.87. The molecule has 1 aromatic heterocycles. The lowest BCUT2D eigenvalue weighted by molar-refractivity contribution is 0.101. The van der Waals surface area contributed by atoms with Gasteiger partial charge in [0.2, 0.25) is 0 Å². The molecule has 3 N–H and O–H groups in total. The van der Waals surface area contributed by atoms with E-state index in [0.717, 1.165) is 39.1 Å². The first-order valence-corrected chi connectivity index (χ1v) is 11.9. The second kappa shape index (κ2) is 10.6. The van der Waals surface area contributed by atoms with Crippen molar-refractivity contribution in [2.24, 2.45) is 11.8 Å². The summed E-state index contributed by atoms with van der Waals surface area (Å²) in [6.07, 6.45) is 3.94. The molecule has 2 atom stereocenters. The summed E-state index contributed by atoms with van der Waals surface area (Å²) in [5.41, 5.74) is 0.231. The summed E-state index contributed by atoms with van der Waals surface area (Å²) in [6, 6.07) is 5.80. The third kappa shape index (κ3) is 5.30. The molecule has 34 heavy (non-hydrogen) atoms. The summed E-state index contributed by atoms with van der Waals surface area (Å²) in [5, 5.41) is 29.9. The molecule has 2 fully saturated rings. The molecule has 180 valence electrons. The predicted molar refractivity (Wildman–Crippen MR) is 130 cm³/mol. The molecule has 0 bridgehead atoms. The highest BCUT2D eigenvalue weighted by atomic mass is 35.5. The number of nitrogens with one attached hydrogen (secondary N) is 2. The normalized spacial score (nSPS) is 19.9. The van der Waals surface area contributed by atoms with Crippen LogP contribution in [0.1, 0.15) is 37.1 Å². The van der Waals surface area contributed by atoms with Gasteiger partial charge in [-0.2, -0.15) is 5.26 Å². The fraction of sp³-hybridized carbons (Fsp3) is 0.500. The van der Waals surface area contributed by atoms with E-state index in [9.17, 15) is 14.8 Å². The van der Waals surface area contributed by atoms with Crippen LogP contribution in [0.15, 0.2) is 24.4 Å². The number of nitrogens with zero attached hydrogens (tertiary/aromatic N) is 5. The monoisotopic (exact) mass is 485 g/mol. The van der Waals surface area contributed by atoms with Crippen LogP contribution in [0, 0.1) is 34.4 Å². The molecule has 0 aliphatic carbocycles. The van der Waals surface area contributed by atoms with E-state index >= 15 is 0 Å². The first kappa shape index (κ1) is 24.3. The predicted octanol–water partition coefficient (Wildman–Crippen LogP) is 3.47. The molecule has 8 nitrogen and oxygen atoms in total. The second-order valence-electron chi connectivity index (χ2n) is 9.04. The van der Waals surface area contributed by atoms with Crippen molar-refractivity contribution in [3.63, 3.8) is 0 Å². The van der Waals surface area contributed by atoms with Gasteiger partial charge in [-0.25, -0.2) is 14.4 Å². The van der Waals surface area contributed by atoms with Gasteiger partial charge in [0.1, 0.15) is 23.4 Å². The third-order valence-corrected chi connectivity index (χ3v) is 6.98. The number of aliphatic hydroxyl groups excluding tert-OH is 1. The van der Waals surface area contributed by atoms with Crippen molar-refractivity contribution in [2.45, 2.75) is 25.8 Å². The molecule has 0 saturated carbocycles. The minimum Gasteiger partial charge on any atom is -0.395 e. The number of hydrogen-bond donors (Lipinski definition) is 3. The Kier molecular flexibility index (Phi) is 7.61. The van der Waals surface area contributed by atoms with Crippen LogP contribution in [0.4, 0.5) is 16.0 Å². The van der Waals surface area contributed by atoms with Gasteiger partial charge in [-0.05, 0) is 50.3 Å². The molecule has 3 heterocycles. The molecule has 0 radical (unpaired) electrons. The van der Waals surface area contributed by atoms with Crippen molar-refractivity contribution in [3.8, 4) is 6.07 Å². The Morgan fingerprint density at radius 2 is 2.18 bits per heavy atom. The number of anilines is 2. The van der Waals surface area contributed by atoms with Gasteiger partial charge in [0.05, 0.1) is 18.8 Å². The van der Waals surface area contributed by atoms with E-state index in [-0.39, 0.29) is 23.8 Å². The van der Waals surface area contributed by atoms with Gasteiger partial charge in [-0.15, -0.1) is 0 Å². The second-order valence-corrected chi connectivity index (χ2v) is 9.47. The number of hydrogen-bond acceptors (Lipinski definition) is 8. The maximum atomic E-state index is 14.4. The number of halogens is 2. The van der Waals surface area contributed by atoms with Crippen molar-refractivity contribution in [3.05, 3.63) is 46.5 Å². The van der Waals surface area contributed by atoms with E-state index in [1.165, 1.54) is 12.5 Å². The van der Waals surface area contributed by atoms with Gasteiger partial charge in [0.25, 0.3) is 0 Å². The molecule has 2 aliphatic rings. The van der Waals surface area contributed by atoms with Gasteiger partial charge in [0, 0.05) is 36.8 Å². The maximum Gasteiger partial charge on any atom is 0.161 e. The SMILES string of the molecule is CC(Nc1nc(N2CC(C3CCCN(CCO)C3)C2)cnc1C(=N)C#N)c1ccc(Cl)cc1F. The van der Waals surface area contributed by atoms with Gasteiger partial charge in [0.15, 0.2) is 11.5 Å². The lowest BCUT2D eigenvalue weighted by atomic mass is 9.80. The minimum absolute atomic E-state index is 0.136. The molecule has 2 aromatic rings. The molecule has 4 rings (SSSR count). The van der Waals surface area contributed by atoms with E-state index in [1.807, 2.05) is 6.07 Å². The summed E-state index contributed by atoms with van der Waals surface area (Å²) in [7, 11) is 0. The maximum absolute atomic E-state index is 14.4. The number of nitriles is 1. The molecule has 2 saturated heterocycles. The molecule has 10 heteroatoms. The molecule has 2 unspecified atom stereocenters. The Bertz CT molecular complexity index is 1080. The van der Waals surface area contributed by atoms with Crippen molar-refractivity contribution in [2.75, 3.05) is 49.5 Å². The van der Waals surface area contributed by atoms with E-state index in [4.69, 9.17) is 17.0 Å². The van der Waals surface area contributed by atoms with Crippen LogP contribution >= 0.6 is 11.6 Å². The number of likely N-dealkylation sites (tertiary alicyclic amines) is 1. The van der Waals surface area contributed by atoms with Crippen LogP contribution < -0.4 is 10.2 Å². The largest absolute Gasteiger partial charge is 0.395 e. The molecular weight excluding hydrogens is 457 g/mol. The van der Waals surface area contributed by atoms with Gasteiger partial charge >= 0.3 is 0 Å². The third-order valence-electron chi connectivity index (χ3n) is 6.75. The molecule has 2 aliphatic heterocycles. The summed E-state index contributed by atoms with van der Waals surface area (Å²) in [6.45, 7) is 6.49. The Labute approximate surface area is 203 Å². The average Bonchev–Trinajstić information content (AvgIpc) is 2.78. The Morgan fingerprint density at radius 1 is 1.38 bits per heavy atom. The van der Waals surface area contributed by atoms with Crippen molar-refractivity contribution >= 4 is 28.9 Å². The number of β-amino-alcohol motifs (C(OH)–C–C–N with tert-alkyl or cyclic N) is 1. The van der Waals surface area contributed by atoms with Crippen LogP contribution in [0.5, 0.6) is 0 Å².